The van der Waals surface area contributed by atoms with Crippen LogP contribution in [0.4, 0.5) is 5.69 Å². The average Bonchev–Trinajstić information content (AvgIpc) is 2.46. The smallest absolute Gasteiger partial charge is 0.160 e. The Morgan fingerprint density at radius 3 is 2.35 bits per heavy atom. The van der Waals surface area contributed by atoms with Gasteiger partial charge in [0, 0.05) is 12.2 Å². The van der Waals surface area contributed by atoms with Gasteiger partial charge in [-0.25, -0.2) is 0 Å². The Kier molecular flexibility index (Phi) is 8.84. The minimum Gasteiger partial charge on any atom is -0.493 e. The number of methoxy groups -OCH3 is 1. The van der Waals surface area contributed by atoms with Crippen LogP contribution in [-0.4, -0.2) is 18.6 Å². The van der Waals surface area contributed by atoms with Gasteiger partial charge >= 0.3 is 0 Å². The molecule has 0 spiro atoms. The Bertz CT molecular complexity index is 366. The molecular formula is C17H30N2O. The Labute approximate surface area is 124 Å². The second kappa shape index (κ2) is 10.5. The molecule has 0 aliphatic heterocycles. The maximum Gasteiger partial charge on any atom is 0.160 e. The molecule has 1 heterocycles. The highest BCUT2D eigenvalue weighted by Crippen LogP contribution is 2.23. The number of rotatable bonds is 11. The second-order valence-electron chi connectivity index (χ2n) is 5.43. The van der Waals surface area contributed by atoms with Crippen molar-refractivity contribution in [3.8, 4) is 5.75 Å². The van der Waals surface area contributed by atoms with Gasteiger partial charge in [-0.3, -0.25) is 4.98 Å². The summed E-state index contributed by atoms with van der Waals surface area (Å²) in [4.78, 5) is 4.24. The van der Waals surface area contributed by atoms with Gasteiger partial charge in [-0.1, -0.05) is 51.9 Å². The van der Waals surface area contributed by atoms with Crippen LogP contribution in [0.15, 0.2) is 12.3 Å². The molecule has 1 aromatic rings. The molecular weight excluding hydrogens is 248 g/mol. The molecule has 0 saturated heterocycles. The van der Waals surface area contributed by atoms with Gasteiger partial charge in [-0.05, 0) is 19.4 Å². The van der Waals surface area contributed by atoms with Crippen LogP contribution in [0.3, 0.4) is 0 Å². The molecule has 0 unspecified atom stereocenters. The lowest BCUT2D eigenvalue weighted by atomic mass is 10.1. The van der Waals surface area contributed by atoms with Crippen molar-refractivity contribution in [1.82, 2.24) is 4.98 Å². The number of nitrogens with one attached hydrogen (secondary N) is 1. The first-order chi connectivity index (χ1) is 9.77. The number of aryl methyl sites for hydroxylation is 1. The van der Waals surface area contributed by atoms with Crippen molar-refractivity contribution in [2.45, 2.75) is 65.2 Å². The summed E-state index contributed by atoms with van der Waals surface area (Å²) >= 11 is 0. The molecule has 0 atom stereocenters. The molecule has 0 aliphatic rings. The number of nitrogens with zero attached hydrogens (tertiary/aromatic N) is 1. The van der Waals surface area contributed by atoms with Crippen LogP contribution >= 0.6 is 0 Å². The van der Waals surface area contributed by atoms with Crippen LogP contribution in [0.5, 0.6) is 5.75 Å². The van der Waals surface area contributed by atoms with E-state index in [1.165, 1.54) is 51.4 Å². The zero-order valence-corrected chi connectivity index (χ0v) is 13.4. The first-order valence-corrected chi connectivity index (χ1v) is 8.02. The summed E-state index contributed by atoms with van der Waals surface area (Å²) in [6.45, 7) is 5.27. The molecule has 1 N–H and O–H groups in total. The summed E-state index contributed by atoms with van der Waals surface area (Å²) in [6, 6.07) is 2.05. The second-order valence-corrected chi connectivity index (χ2v) is 5.43. The van der Waals surface area contributed by atoms with Crippen molar-refractivity contribution in [3.05, 3.63) is 18.0 Å². The molecule has 114 valence electrons. The van der Waals surface area contributed by atoms with Gasteiger partial charge < -0.3 is 10.1 Å². The van der Waals surface area contributed by atoms with E-state index in [1.807, 2.05) is 13.0 Å². The van der Waals surface area contributed by atoms with Crippen molar-refractivity contribution < 1.29 is 4.74 Å². The molecule has 3 nitrogen and oxygen atoms in total. The van der Waals surface area contributed by atoms with E-state index in [0.29, 0.717) is 0 Å². The van der Waals surface area contributed by atoms with Crippen molar-refractivity contribution in [2.75, 3.05) is 19.0 Å². The van der Waals surface area contributed by atoms with Crippen LogP contribution in [0.25, 0.3) is 0 Å². The summed E-state index contributed by atoms with van der Waals surface area (Å²) in [5.74, 6) is 0.829. The number of hydrogen-bond acceptors (Lipinski definition) is 3. The van der Waals surface area contributed by atoms with E-state index < -0.39 is 0 Å². The highest BCUT2D eigenvalue weighted by atomic mass is 16.5. The number of anilines is 1. The molecule has 0 radical (unpaired) electrons. The number of hydrogen-bond donors (Lipinski definition) is 1. The van der Waals surface area contributed by atoms with Gasteiger partial charge in [-0.2, -0.15) is 0 Å². The predicted octanol–water partition coefficient (Wildman–Crippen LogP) is 4.95. The monoisotopic (exact) mass is 278 g/mol. The number of ether oxygens (including phenoxy) is 1. The molecule has 0 aliphatic carbocycles. The zero-order chi connectivity index (χ0) is 14.6. The topological polar surface area (TPSA) is 34.2 Å². The van der Waals surface area contributed by atoms with Gasteiger partial charge in [0.25, 0.3) is 0 Å². The quantitative estimate of drug-likeness (QED) is 0.581. The van der Waals surface area contributed by atoms with E-state index in [4.69, 9.17) is 4.74 Å². The van der Waals surface area contributed by atoms with Crippen LogP contribution < -0.4 is 10.1 Å². The number of unbranched alkanes of at least 4 members (excludes halogenated alkanes) is 7. The largest absolute Gasteiger partial charge is 0.493 e. The van der Waals surface area contributed by atoms with Gasteiger partial charge in [-0.15, -0.1) is 0 Å². The molecule has 1 rings (SSSR count). The summed E-state index contributed by atoms with van der Waals surface area (Å²) < 4.78 is 5.31. The minimum absolute atomic E-state index is 0.829. The summed E-state index contributed by atoms with van der Waals surface area (Å²) in [6.07, 6.45) is 12.6. The Hall–Kier alpha value is -1.25. The number of pyridine rings is 1. The third-order valence-corrected chi connectivity index (χ3v) is 3.57. The lowest BCUT2D eigenvalue weighted by Gasteiger charge is -2.11. The predicted molar refractivity (Wildman–Crippen MR) is 86.6 cm³/mol. The van der Waals surface area contributed by atoms with E-state index in [2.05, 4.69) is 17.2 Å². The third kappa shape index (κ3) is 6.78. The highest BCUT2D eigenvalue weighted by Gasteiger charge is 2.02. The fourth-order valence-corrected chi connectivity index (χ4v) is 2.33. The molecule has 0 amide bonds. The van der Waals surface area contributed by atoms with Crippen LogP contribution in [0, 0.1) is 6.92 Å². The van der Waals surface area contributed by atoms with E-state index >= 15 is 0 Å². The molecule has 20 heavy (non-hydrogen) atoms. The number of aromatic nitrogens is 1. The van der Waals surface area contributed by atoms with E-state index in [0.717, 1.165) is 23.7 Å². The first kappa shape index (κ1) is 16.8. The van der Waals surface area contributed by atoms with Crippen molar-refractivity contribution in [1.29, 1.82) is 0 Å². The lowest BCUT2D eigenvalue weighted by molar-refractivity contribution is 0.414. The maximum atomic E-state index is 5.31. The fraction of sp³-hybridized carbons (Fsp3) is 0.706. The van der Waals surface area contributed by atoms with Crippen molar-refractivity contribution >= 4 is 5.69 Å². The van der Waals surface area contributed by atoms with Gasteiger partial charge in [0.15, 0.2) is 5.75 Å². The summed E-state index contributed by atoms with van der Waals surface area (Å²) in [5.41, 5.74) is 2.08. The molecule has 0 saturated carbocycles. The standard InChI is InChI=1S/C17H30N2O/c1-4-5-6-7-8-9-10-11-12-18-16-13-15(2)19-14-17(16)20-3/h13-14H,4-12H2,1-3H3,(H,18,19). The van der Waals surface area contributed by atoms with Crippen LogP contribution in [0.2, 0.25) is 0 Å². The summed E-state index contributed by atoms with van der Waals surface area (Å²) in [5, 5.41) is 3.45. The minimum atomic E-state index is 0.829. The van der Waals surface area contributed by atoms with Crippen molar-refractivity contribution in [3.63, 3.8) is 0 Å². The Morgan fingerprint density at radius 2 is 1.70 bits per heavy atom. The molecule has 0 bridgehead atoms. The molecule has 1 aromatic heterocycles. The summed E-state index contributed by atoms with van der Waals surface area (Å²) in [7, 11) is 1.69. The fourth-order valence-electron chi connectivity index (χ4n) is 2.33. The Balaban J connectivity index is 2.10. The SMILES string of the molecule is CCCCCCCCCCNc1cc(C)ncc1OC. The van der Waals surface area contributed by atoms with E-state index in [-0.39, 0.29) is 0 Å². The van der Waals surface area contributed by atoms with Gasteiger partial charge in [0.05, 0.1) is 19.0 Å². The highest BCUT2D eigenvalue weighted by molar-refractivity contribution is 5.55. The third-order valence-electron chi connectivity index (χ3n) is 3.57. The lowest BCUT2D eigenvalue weighted by Crippen LogP contribution is -2.04. The molecule has 0 aromatic carbocycles. The maximum absolute atomic E-state index is 5.31. The molecule has 0 fully saturated rings. The average molecular weight is 278 g/mol. The zero-order valence-electron chi connectivity index (χ0n) is 13.4. The molecule has 3 heteroatoms. The normalized spacial score (nSPS) is 10.6. The first-order valence-electron chi connectivity index (χ1n) is 8.02. The van der Waals surface area contributed by atoms with Crippen molar-refractivity contribution in [2.24, 2.45) is 0 Å². The van der Waals surface area contributed by atoms with Gasteiger partial charge in [0.1, 0.15) is 0 Å². The van der Waals surface area contributed by atoms with Crippen LogP contribution in [-0.2, 0) is 0 Å². The van der Waals surface area contributed by atoms with E-state index in [1.54, 1.807) is 13.3 Å². The van der Waals surface area contributed by atoms with Crippen LogP contribution in [0.1, 0.15) is 64.0 Å². The van der Waals surface area contributed by atoms with E-state index in [9.17, 15) is 0 Å². The Morgan fingerprint density at radius 1 is 1.05 bits per heavy atom. The van der Waals surface area contributed by atoms with Gasteiger partial charge in [0.2, 0.25) is 0 Å².